The molecule has 3 rings (SSSR count). The molecule has 5 nitrogen and oxygen atoms in total. The molecule has 0 saturated carbocycles. The van der Waals surface area contributed by atoms with Crippen molar-refractivity contribution in [3.05, 3.63) is 59.7 Å². The SMILES string of the molecule is CC(=O)Nc1ccc(CC(=O)N[C@H]2CCOc3ccccc32)cc1. The first-order valence-corrected chi connectivity index (χ1v) is 7.99. The second kappa shape index (κ2) is 7.17. The van der Waals surface area contributed by atoms with Crippen LogP contribution in [0.25, 0.3) is 0 Å². The summed E-state index contributed by atoms with van der Waals surface area (Å²) in [6, 6.07) is 15.1. The van der Waals surface area contributed by atoms with Crippen molar-refractivity contribution in [2.75, 3.05) is 11.9 Å². The predicted octanol–water partition coefficient (Wildman–Crippen LogP) is 2.83. The molecule has 1 aliphatic heterocycles. The van der Waals surface area contributed by atoms with Crippen molar-refractivity contribution in [3.63, 3.8) is 0 Å². The first kappa shape index (κ1) is 16.1. The van der Waals surface area contributed by atoms with Crippen molar-refractivity contribution in [2.45, 2.75) is 25.8 Å². The average Bonchev–Trinajstić information content (AvgIpc) is 2.56. The molecule has 5 heteroatoms. The maximum Gasteiger partial charge on any atom is 0.224 e. The van der Waals surface area contributed by atoms with Crippen molar-refractivity contribution in [1.82, 2.24) is 5.32 Å². The Kier molecular flexibility index (Phi) is 4.79. The zero-order valence-electron chi connectivity index (χ0n) is 13.5. The highest BCUT2D eigenvalue weighted by Crippen LogP contribution is 2.31. The Bertz CT molecular complexity index is 741. The summed E-state index contributed by atoms with van der Waals surface area (Å²) in [5.41, 5.74) is 2.66. The third kappa shape index (κ3) is 3.93. The van der Waals surface area contributed by atoms with E-state index in [0.29, 0.717) is 13.0 Å². The standard InChI is InChI=1S/C19H20N2O3/c1-13(22)20-15-8-6-14(7-9-15)12-19(23)21-17-10-11-24-18-5-3-2-4-16(17)18/h2-9,17H,10-12H2,1H3,(H,20,22)(H,21,23)/t17-/m0/s1. The minimum absolute atomic E-state index is 0.0129. The number of benzene rings is 2. The van der Waals surface area contributed by atoms with Crippen LogP contribution in [0.2, 0.25) is 0 Å². The molecule has 0 radical (unpaired) electrons. The molecule has 0 spiro atoms. The van der Waals surface area contributed by atoms with Crippen molar-refractivity contribution in [3.8, 4) is 5.75 Å². The van der Waals surface area contributed by atoms with Crippen molar-refractivity contribution < 1.29 is 14.3 Å². The van der Waals surface area contributed by atoms with Gasteiger partial charge in [-0.3, -0.25) is 9.59 Å². The van der Waals surface area contributed by atoms with Gasteiger partial charge in [0.1, 0.15) is 5.75 Å². The van der Waals surface area contributed by atoms with Gasteiger partial charge < -0.3 is 15.4 Å². The molecule has 1 heterocycles. The number of nitrogens with one attached hydrogen (secondary N) is 2. The molecule has 0 aromatic heterocycles. The van der Waals surface area contributed by atoms with E-state index in [2.05, 4.69) is 10.6 Å². The molecule has 0 fully saturated rings. The molecule has 1 aliphatic rings. The molecule has 124 valence electrons. The van der Waals surface area contributed by atoms with Gasteiger partial charge in [-0.25, -0.2) is 0 Å². The highest BCUT2D eigenvalue weighted by Gasteiger charge is 2.22. The molecule has 0 saturated heterocycles. The lowest BCUT2D eigenvalue weighted by molar-refractivity contribution is -0.121. The number of rotatable bonds is 4. The van der Waals surface area contributed by atoms with Gasteiger partial charge in [0.05, 0.1) is 19.1 Å². The van der Waals surface area contributed by atoms with Gasteiger partial charge >= 0.3 is 0 Å². The fourth-order valence-corrected chi connectivity index (χ4v) is 2.83. The molecular weight excluding hydrogens is 304 g/mol. The van der Waals surface area contributed by atoms with E-state index in [1.54, 1.807) is 12.1 Å². The minimum Gasteiger partial charge on any atom is -0.493 e. The quantitative estimate of drug-likeness (QED) is 0.909. The molecule has 24 heavy (non-hydrogen) atoms. The lowest BCUT2D eigenvalue weighted by Crippen LogP contribution is -2.33. The summed E-state index contributed by atoms with van der Waals surface area (Å²) >= 11 is 0. The Morgan fingerprint density at radius 1 is 1.12 bits per heavy atom. The molecule has 2 N–H and O–H groups in total. The van der Waals surface area contributed by atoms with Crippen LogP contribution >= 0.6 is 0 Å². The lowest BCUT2D eigenvalue weighted by atomic mass is 10.00. The van der Waals surface area contributed by atoms with Crippen LogP contribution in [-0.2, 0) is 16.0 Å². The Morgan fingerprint density at radius 2 is 1.88 bits per heavy atom. The molecule has 2 aromatic rings. The Balaban J connectivity index is 1.61. The van der Waals surface area contributed by atoms with Gasteiger partial charge in [-0.05, 0) is 23.8 Å². The normalized spacial score (nSPS) is 15.8. The van der Waals surface area contributed by atoms with Crippen molar-refractivity contribution in [1.29, 1.82) is 0 Å². The maximum absolute atomic E-state index is 12.3. The molecular formula is C19H20N2O3. The highest BCUT2D eigenvalue weighted by molar-refractivity contribution is 5.88. The molecule has 0 aliphatic carbocycles. The maximum atomic E-state index is 12.3. The lowest BCUT2D eigenvalue weighted by Gasteiger charge is -2.26. The summed E-state index contributed by atoms with van der Waals surface area (Å²) < 4.78 is 5.61. The van der Waals surface area contributed by atoms with Crippen LogP contribution in [0.1, 0.15) is 30.5 Å². The molecule has 0 bridgehead atoms. The van der Waals surface area contributed by atoms with Crippen LogP contribution in [0, 0.1) is 0 Å². The summed E-state index contributed by atoms with van der Waals surface area (Å²) in [6.07, 6.45) is 1.07. The molecule has 0 unspecified atom stereocenters. The minimum atomic E-state index is -0.112. The topological polar surface area (TPSA) is 67.4 Å². The van der Waals surface area contributed by atoms with Gasteiger partial charge in [0.25, 0.3) is 0 Å². The van der Waals surface area contributed by atoms with Crippen molar-refractivity contribution >= 4 is 17.5 Å². The highest BCUT2D eigenvalue weighted by atomic mass is 16.5. The van der Waals surface area contributed by atoms with Gasteiger partial charge in [0.15, 0.2) is 0 Å². The van der Waals surface area contributed by atoms with E-state index in [0.717, 1.165) is 29.0 Å². The van der Waals surface area contributed by atoms with E-state index in [1.165, 1.54) is 6.92 Å². The van der Waals surface area contributed by atoms with Crippen LogP contribution in [0.3, 0.4) is 0 Å². The van der Waals surface area contributed by atoms with Gasteiger partial charge in [-0.1, -0.05) is 30.3 Å². The van der Waals surface area contributed by atoms with E-state index >= 15 is 0 Å². The fraction of sp³-hybridized carbons (Fsp3) is 0.263. The molecule has 2 amide bonds. The van der Waals surface area contributed by atoms with Gasteiger partial charge in [0, 0.05) is 24.6 Å². The predicted molar refractivity (Wildman–Crippen MR) is 91.9 cm³/mol. The Hall–Kier alpha value is -2.82. The summed E-state index contributed by atoms with van der Waals surface area (Å²) in [5, 5.41) is 5.79. The Labute approximate surface area is 141 Å². The molecule has 2 aromatic carbocycles. The van der Waals surface area contributed by atoms with Gasteiger partial charge in [-0.2, -0.15) is 0 Å². The van der Waals surface area contributed by atoms with E-state index < -0.39 is 0 Å². The summed E-state index contributed by atoms with van der Waals surface area (Å²) in [7, 11) is 0. The summed E-state index contributed by atoms with van der Waals surface area (Å²) in [4.78, 5) is 23.3. The van der Waals surface area contributed by atoms with Crippen LogP contribution in [0.5, 0.6) is 5.75 Å². The average molecular weight is 324 g/mol. The van der Waals surface area contributed by atoms with Crippen molar-refractivity contribution in [2.24, 2.45) is 0 Å². The van der Waals surface area contributed by atoms with Gasteiger partial charge in [0.2, 0.25) is 11.8 Å². The first-order valence-electron chi connectivity index (χ1n) is 7.99. The number of carbonyl (C=O) groups excluding carboxylic acids is 2. The zero-order chi connectivity index (χ0) is 16.9. The van der Waals surface area contributed by atoms with Crippen LogP contribution in [-0.4, -0.2) is 18.4 Å². The third-order valence-corrected chi connectivity index (χ3v) is 3.93. The number of ether oxygens (including phenoxy) is 1. The Morgan fingerprint density at radius 3 is 2.62 bits per heavy atom. The zero-order valence-corrected chi connectivity index (χ0v) is 13.5. The monoisotopic (exact) mass is 324 g/mol. The third-order valence-electron chi connectivity index (χ3n) is 3.93. The number of hydrogen-bond donors (Lipinski definition) is 2. The summed E-state index contributed by atoms with van der Waals surface area (Å²) in [5.74, 6) is 0.705. The number of hydrogen-bond acceptors (Lipinski definition) is 3. The summed E-state index contributed by atoms with van der Waals surface area (Å²) in [6.45, 7) is 2.07. The number of carbonyl (C=O) groups is 2. The van der Waals surface area contributed by atoms with E-state index in [-0.39, 0.29) is 17.9 Å². The largest absolute Gasteiger partial charge is 0.493 e. The number of amides is 2. The number of para-hydroxylation sites is 1. The smallest absolute Gasteiger partial charge is 0.224 e. The van der Waals surface area contributed by atoms with E-state index in [1.807, 2.05) is 36.4 Å². The first-order chi connectivity index (χ1) is 11.6. The second-order valence-electron chi connectivity index (χ2n) is 5.85. The second-order valence-corrected chi connectivity index (χ2v) is 5.85. The number of fused-ring (bicyclic) bond motifs is 1. The van der Waals surface area contributed by atoms with Crippen LogP contribution in [0.4, 0.5) is 5.69 Å². The number of anilines is 1. The van der Waals surface area contributed by atoms with Crippen LogP contribution < -0.4 is 15.4 Å². The van der Waals surface area contributed by atoms with E-state index in [4.69, 9.17) is 4.74 Å². The van der Waals surface area contributed by atoms with E-state index in [9.17, 15) is 9.59 Å². The fourth-order valence-electron chi connectivity index (χ4n) is 2.83. The van der Waals surface area contributed by atoms with Gasteiger partial charge in [-0.15, -0.1) is 0 Å². The van der Waals surface area contributed by atoms with Crippen LogP contribution in [0.15, 0.2) is 48.5 Å². The molecule has 1 atom stereocenters.